The molecule has 0 heterocycles. The molecule has 0 unspecified atom stereocenters. The molecule has 0 spiro atoms. The Hall–Kier alpha value is -0.640. The van der Waals surface area contributed by atoms with E-state index >= 15 is 0 Å². The van der Waals surface area contributed by atoms with Crippen LogP contribution in [0.3, 0.4) is 0 Å². The normalized spacial score (nSPS) is 33.7. The minimum atomic E-state index is -0.320. The molecule has 0 aliphatic heterocycles. The monoisotopic (exact) mass is 144 g/mol. The maximum atomic E-state index is 10.2. The van der Waals surface area contributed by atoms with E-state index in [1.165, 1.54) is 0 Å². The Bertz CT molecular complexity index is 130. The Morgan fingerprint density at radius 2 is 1.80 bits per heavy atom. The van der Waals surface area contributed by atoms with E-state index in [0.717, 1.165) is 12.8 Å². The van der Waals surface area contributed by atoms with Crippen LogP contribution in [0.2, 0.25) is 0 Å². The van der Waals surface area contributed by atoms with Gasteiger partial charge < -0.3 is 5.73 Å². The van der Waals surface area contributed by atoms with Crippen LogP contribution in [0.5, 0.6) is 0 Å². The first-order valence-corrected chi connectivity index (χ1v) is 3.59. The van der Waals surface area contributed by atoms with Crippen LogP contribution in [-0.2, 0) is 0 Å². The van der Waals surface area contributed by atoms with Gasteiger partial charge in [0, 0.05) is 23.8 Å². The average molecular weight is 144 g/mol. The van der Waals surface area contributed by atoms with Gasteiger partial charge in [-0.15, -0.1) is 0 Å². The summed E-state index contributed by atoms with van der Waals surface area (Å²) in [6.45, 7) is 0. The van der Waals surface area contributed by atoms with Crippen LogP contribution in [-0.4, -0.2) is 17.0 Å². The topological polar surface area (TPSA) is 69.2 Å². The summed E-state index contributed by atoms with van der Waals surface area (Å²) >= 11 is 0. The summed E-state index contributed by atoms with van der Waals surface area (Å²) in [6, 6.07) is -0.115. The van der Waals surface area contributed by atoms with E-state index in [4.69, 9.17) is 5.73 Å². The molecule has 1 aliphatic rings. The third kappa shape index (κ3) is 1.67. The van der Waals surface area contributed by atoms with Gasteiger partial charge in [-0.3, -0.25) is 10.1 Å². The molecule has 1 aliphatic carbocycles. The Labute approximate surface area is 59.6 Å². The minimum absolute atomic E-state index is 0.189. The molecule has 0 aromatic heterocycles. The molecule has 0 aromatic rings. The first-order chi connectivity index (χ1) is 4.70. The highest BCUT2D eigenvalue weighted by atomic mass is 16.6. The molecule has 1 rings (SSSR count). The predicted molar refractivity (Wildman–Crippen MR) is 37.2 cm³/mol. The summed E-state index contributed by atoms with van der Waals surface area (Å²) in [6.07, 6.45) is 2.94. The van der Waals surface area contributed by atoms with Crippen molar-refractivity contribution in [3.63, 3.8) is 0 Å². The van der Waals surface area contributed by atoms with E-state index in [1.807, 2.05) is 0 Å². The second kappa shape index (κ2) is 2.96. The molecular formula is C6H12N2O2. The maximum absolute atomic E-state index is 10.2. The third-order valence-electron chi connectivity index (χ3n) is 2.04. The van der Waals surface area contributed by atoms with Crippen molar-refractivity contribution in [1.29, 1.82) is 0 Å². The predicted octanol–water partition coefficient (Wildman–Crippen LogP) is 0.533. The van der Waals surface area contributed by atoms with Crippen molar-refractivity contribution in [3.05, 3.63) is 10.1 Å². The van der Waals surface area contributed by atoms with Crippen LogP contribution in [0.4, 0.5) is 0 Å². The molecule has 1 saturated carbocycles. The molecule has 0 atom stereocenters. The van der Waals surface area contributed by atoms with Crippen molar-refractivity contribution in [2.75, 3.05) is 0 Å². The smallest absolute Gasteiger partial charge is 0.213 e. The Balaban J connectivity index is 2.33. The molecule has 0 radical (unpaired) electrons. The highest BCUT2D eigenvalue weighted by molar-refractivity contribution is 4.73. The Morgan fingerprint density at radius 3 is 2.20 bits per heavy atom. The van der Waals surface area contributed by atoms with Gasteiger partial charge in [0.2, 0.25) is 6.04 Å². The van der Waals surface area contributed by atoms with E-state index < -0.39 is 0 Å². The maximum Gasteiger partial charge on any atom is 0.213 e. The molecule has 1 fully saturated rings. The van der Waals surface area contributed by atoms with Crippen molar-refractivity contribution in [3.8, 4) is 0 Å². The first kappa shape index (κ1) is 7.47. The largest absolute Gasteiger partial charge is 0.328 e. The van der Waals surface area contributed by atoms with Gasteiger partial charge in [-0.25, -0.2) is 0 Å². The zero-order valence-electron chi connectivity index (χ0n) is 5.82. The third-order valence-corrected chi connectivity index (χ3v) is 2.04. The molecule has 0 amide bonds. The minimum Gasteiger partial charge on any atom is -0.328 e. The van der Waals surface area contributed by atoms with Crippen LogP contribution < -0.4 is 5.73 Å². The number of nitrogens with two attached hydrogens (primary N) is 1. The van der Waals surface area contributed by atoms with E-state index in [9.17, 15) is 10.1 Å². The highest BCUT2D eigenvalue weighted by Crippen LogP contribution is 2.18. The van der Waals surface area contributed by atoms with Crippen LogP contribution in [0.15, 0.2) is 0 Å². The van der Waals surface area contributed by atoms with Gasteiger partial charge in [0.15, 0.2) is 0 Å². The van der Waals surface area contributed by atoms with Crippen LogP contribution >= 0.6 is 0 Å². The van der Waals surface area contributed by atoms with Gasteiger partial charge in [-0.05, 0) is 12.8 Å². The lowest BCUT2D eigenvalue weighted by Crippen LogP contribution is -2.32. The molecule has 58 valence electrons. The summed E-state index contributed by atoms with van der Waals surface area (Å²) in [7, 11) is 0. The van der Waals surface area contributed by atoms with Gasteiger partial charge in [0.05, 0.1) is 0 Å². The quantitative estimate of drug-likeness (QED) is 0.431. The summed E-state index contributed by atoms with van der Waals surface area (Å²) in [5, 5.41) is 10.2. The summed E-state index contributed by atoms with van der Waals surface area (Å²) in [4.78, 5) is 10.0. The van der Waals surface area contributed by atoms with Crippen LogP contribution in [0.1, 0.15) is 25.7 Å². The molecule has 0 aromatic carbocycles. The fraction of sp³-hybridized carbons (Fsp3) is 1.00. The lowest BCUT2D eigenvalue weighted by Gasteiger charge is -2.19. The summed E-state index contributed by atoms with van der Waals surface area (Å²) < 4.78 is 0. The lowest BCUT2D eigenvalue weighted by atomic mass is 9.92. The second-order valence-electron chi connectivity index (χ2n) is 2.85. The number of hydrogen-bond acceptors (Lipinski definition) is 3. The average Bonchev–Trinajstić information content (AvgIpc) is 1.88. The highest BCUT2D eigenvalue weighted by Gasteiger charge is 2.26. The van der Waals surface area contributed by atoms with Gasteiger partial charge >= 0.3 is 0 Å². The number of nitrogens with zero attached hydrogens (tertiary/aromatic N) is 1. The summed E-state index contributed by atoms with van der Waals surface area (Å²) in [5.74, 6) is 0. The molecule has 2 N–H and O–H groups in total. The number of hydrogen-bond donors (Lipinski definition) is 1. The van der Waals surface area contributed by atoms with Crippen molar-refractivity contribution in [2.45, 2.75) is 37.8 Å². The van der Waals surface area contributed by atoms with Gasteiger partial charge in [-0.1, -0.05) is 0 Å². The molecule has 10 heavy (non-hydrogen) atoms. The van der Waals surface area contributed by atoms with Crippen LogP contribution in [0.25, 0.3) is 0 Å². The van der Waals surface area contributed by atoms with E-state index in [0.29, 0.717) is 12.8 Å². The van der Waals surface area contributed by atoms with Crippen molar-refractivity contribution >= 4 is 0 Å². The Morgan fingerprint density at radius 1 is 1.30 bits per heavy atom. The van der Waals surface area contributed by atoms with E-state index in [-0.39, 0.29) is 17.0 Å². The molecule has 4 nitrogen and oxygen atoms in total. The van der Waals surface area contributed by atoms with Gasteiger partial charge in [0.1, 0.15) is 0 Å². The van der Waals surface area contributed by atoms with Crippen molar-refractivity contribution < 1.29 is 4.92 Å². The van der Waals surface area contributed by atoms with E-state index in [2.05, 4.69) is 0 Å². The van der Waals surface area contributed by atoms with Gasteiger partial charge in [-0.2, -0.15) is 0 Å². The van der Waals surface area contributed by atoms with Crippen molar-refractivity contribution in [2.24, 2.45) is 5.73 Å². The first-order valence-electron chi connectivity index (χ1n) is 3.59. The fourth-order valence-electron chi connectivity index (χ4n) is 1.31. The van der Waals surface area contributed by atoms with Gasteiger partial charge in [0.25, 0.3) is 0 Å². The van der Waals surface area contributed by atoms with Crippen molar-refractivity contribution in [1.82, 2.24) is 0 Å². The fourth-order valence-corrected chi connectivity index (χ4v) is 1.31. The molecule has 4 heteroatoms. The molecule has 0 bridgehead atoms. The van der Waals surface area contributed by atoms with E-state index in [1.54, 1.807) is 0 Å². The number of nitro groups is 1. The molecular weight excluding hydrogens is 132 g/mol. The SMILES string of the molecule is N[C@H]1CC[C@H]([N+](=O)[O-])CC1. The standard InChI is InChI=1S/C6H12N2O2/c7-5-1-3-6(4-2-5)8(9)10/h5-6H,1-4,7H2/t5-,6-. The molecule has 0 saturated heterocycles. The zero-order chi connectivity index (χ0) is 7.56. The zero-order valence-corrected chi connectivity index (χ0v) is 5.82. The number of rotatable bonds is 1. The summed E-state index contributed by atoms with van der Waals surface area (Å²) in [5.41, 5.74) is 5.57. The Kier molecular flexibility index (Phi) is 2.21. The van der Waals surface area contributed by atoms with Crippen LogP contribution in [0, 0.1) is 10.1 Å². The lowest BCUT2D eigenvalue weighted by molar-refractivity contribution is -0.526. The second-order valence-corrected chi connectivity index (χ2v) is 2.85.